The first-order valence-corrected chi connectivity index (χ1v) is 6.83. The van der Waals surface area contributed by atoms with Crippen molar-refractivity contribution in [3.8, 4) is 0 Å². The predicted molar refractivity (Wildman–Crippen MR) is 66.1 cm³/mol. The van der Waals surface area contributed by atoms with Crippen molar-refractivity contribution in [1.82, 2.24) is 9.80 Å². The summed E-state index contributed by atoms with van der Waals surface area (Å²) in [6, 6.07) is 4.05. The van der Waals surface area contributed by atoms with Crippen molar-refractivity contribution in [3.63, 3.8) is 0 Å². The average molecular weight is 259 g/mol. The van der Waals surface area contributed by atoms with Gasteiger partial charge in [0.25, 0.3) is 0 Å². The number of piperazine rings is 3. The van der Waals surface area contributed by atoms with Gasteiger partial charge < -0.3 is 5.11 Å². The van der Waals surface area contributed by atoms with Crippen LogP contribution in [0, 0.1) is 0 Å². The van der Waals surface area contributed by atoms with Gasteiger partial charge >= 0.3 is 0 Å². The third-order valence-corrected chi connectivity index (χ3v) is 4.87. The van der Waals surface area contributed by atoms with Gasteiger partial charge in [0.2, 0.25) is 0 Å². The number of aliphatic hydroxyl groups excluding tert-OH is 1. The van der Waals surface area contributed by atoms with Crippen LogP contribution in [0.5, 0.6) is 0 Å². The lowest BCUT2D eigenvalue weighted by molar-refractivity contribution is -0.0459. The summed E-state index contributed by atoms with van der Waals surface area (Å²) in [5.41, 5.74) is 0. The number of thiophene rings is 1. The molecular formula is C11H15ClN2OS. The number of aliphatic hydroxyl groups is 1. The maximum atomic E-state index is 10.4. The van der Waals surface area contributed by atoms with Gasteiger partial charge in [-0.25, -0.2) is 0 Å². The van der Waals surface area contributed by atoms with Crippen LogP contribution in [0.4, 0.5) is 0 Å². The molecule has 3 aliphatic heterocycles. The molecule has 1 aromatic heterocycles. The van der Waals surface area contributed by atoms with E-state index in [0.717, 1.165) is 41.9 Å². The minimum Gasteiger partial charge on any atom is -0.386 e. The van der Waals surface area contributed by atoms with E-state index in [2.05, 4.69) is 9.80 Å². The Balaban J connectivity index is 1.77. The summed E-state index contributed by atoms with van der Waals surface area (Å²) in [7, 11) is 0. The molecule has 1 N–H and O–H groups in total. The number of hydrogen-bond acceptors (Lipinski definition) is 4. The standard InChI is InChI=1S/C11H15ClN2OS/c12-10-2-1-9(16-10)11(15)8-7-13-3-5-14(8)6-4-13/h1-2,8,11,15H,3-7H2. The van der Waals surface area contributed by atoms with Gasteiger partial charge in [0.1, 0.15) is 6.10 Å². The van der Waals surface area contributed by atoms with Gasteiger partial charge in [0, 0.05) is 37.6 Å². The lowest BCUT2D eigenvalue weighted by Crippen LogP contribution is -2.62. The summed E-state index contributed by atoms with van der Waals surface area (Å²) >= 11 is 7.39. The average Bonchev–Trinajstić information content (AvgIpc) is 2.76. The van der Waals surface area contributed by atoms with E-state index < -0.39 is 0 Å². The highest BCUT2D eigenvalue weighted by Crippen LogP contribution is 2.32. The molecule has 2 unspecified atom stereocenters. The summed E-state index contributed by atoms with van der Waals surface area (Å²) in [6.07, 6.45) is -0.388. The number of hydrogen-bond donors (Lipinski definition) is 1. The Morgan fingerprint density at radius 1 is 1.31 bits per heavy atom. The topological polar surface area (TPSA) is 26.7 Å². The first-order valence-electron chi connectivity index (χ1n) is 5.64. The van der Waals surface area contributed by atoms with Crippen LogP contribution in [-0.4, -0.2) is 53.7 Å². The molecule has 16 heavy (non-hydrogen) atoms. The summed E-state index contributed by atoms with van der Waals surface area (Å²) < 4.78 is 0.755. The Bertz CT molecular complexity index is 376. The fourth-order valence-corrected chi connectivity index (χ4v) is 3.74. The second-order valence-corrected chi connectivity index (χ2v) is 6.24. The van der Waals surface area contributed by atoms with Crippen molar-refractivity contribution in [2.75, 3.05) is 32.7 Å². The normalized spacial score (nSPS) is 35.2. The van der Waals surface area contributed by atoms with Gasteiger partial charge in [-0.05, 0) is 12.1 Å². The van der Waals surface area contributed by atoms with Crippen LogP contribution in [0.1, 0.15) is 11.0 Å². The maximum Gasteiger partial charge on any atom is 0.105 e. The minimum absolute atomic E-state index is 0.247. The Morgan fingerprint density at radius 3 is 2.56 bits per heavy atom. The molecule has 5 heteroatoms. The minimum atomic E-state index is -0.388. The molecule has 3 saturated heterocycles. The molecule has 4 heterocycles. The maximum absolute atomic E-state index is 10.4. The first-order chi connectivity index (χ1) is 7.74. The van der Waals surface area contributed by atoms with Crippen LogP contribution < -0.4 is 0 Å². The monoisotopic (exact) mass is 258 g/mol. The van der Waals surface area contributed by atoms with Gasteiger partial charge in [0.05, 0.1) is 10.4 Å². The molecule has 1 aromatic rings. The fraction of sp³-hybridized carbons (Fsp3) is 0.636. The molecule has 0 spiro atoms. The Kier molecular flexibility index (Phi) is 2.94. The third-order valence-electron chi connectivity index (χ3n) is 3.57. The van der Waals surface area contributed by atoms with E-state index in [-0.39, 0.29) is 12.1 Å². The highest BCUT2D eigenvalue weighted by molar-refractivity contribution is 7.16. The Hall–Kier alpha value is -0.130. The summed E-state index contributed by atoms with van der Waals surface area (Å²) in [5, 5.41) is 10.4. The molecular weight excluding hydrogens is 244 g/mol. The molecule has 0 amide bonds. The SMILES string of the molecule is OC(c1ccc(Cl)s1)C1CN2CCN1CC2. The second-order valence-electron chi connectivity index (χ2n) is 4.49. The highest BCUT2D eigenvalue weighted by Gasteiger charge is 2.36. The fourth-order valence-electron chi connectivity index (χ4n) is 2.63. The number of halogens is 1. The molecule has 0 aliphatic carbocycles. The molecule has 88 valence electrons. The van der Waals surface area contributed by atoms with E-state index in [0.29, 0.717) is 0 Å². The lowest BCUT2D eigenvalue weighted by atomic mass is 10.0. The van der Waals surface area contributed by atoms with Gasteiger partial charge in [-0.1, -0.05) is 11.6 Å². The van der Waals surface area contributed by atoms with Crippen molar-refractivity contribution in [2.45, 2.75) is 12.1 Å². The van der Waals surface area contributed by atoms with Crippen LogP contribution in [0.25, 0.3) is 0 Å². The van der Waals surface area contributed by atoms with Crippen LogP contribution in [0.2, 0.25) is 4.34 Å². The summed E-state index contributed by atoms with van der Waals surface area (Å²) in [5.74, 6) is 0. The van der Waals surface area contributed by atoms with E-state index in [1.54, 1.807) is 0 Å². The van der Waals surface area contributed by atoms with Gasteiger partial charge in [-0.15, -0.1) is 11.3 Å². The summed E-state index contributed by atoms with van der Waals surface area (Å²) in [6.45, 7) is 5.45. The highest BCUT2D eigenvalue weighted by atomic mass is 35.5. The molecule has 3 fully saturated rings. The zero-order valence-corrected chi connectivity index (χ0v) is 10.5. The molecule has 2 atom stereocenters. The molecule has 4 rings (SSSR count). The molecule has 0 aromatic carbocycles. The van der Waals surface area contributed by atoms with Crippen molar-refractivity contribution in [2.24, 2.45) is 0 Å². The Morgan fingerprint density at radius 2 is 2.06 bits per heavy atom. The van der Waals surface area contributed by atoms with Crippen molar-refractivity contribution >= 4 is 22.9 Å². The van der Waals surface area contributed by atoms with E-state index in [1.165, 1.54) is 11.3 Å². The quantitative estimate of drug-likeness (QED) is 0.870. The number of rotatable bonds is 2. The van der Waals surface area contributed by atoms with Crippen molar-refractivity contribution in [1.29, 1.82) is 0 Å². The van der Waals surface area contributed by atoms with Crippen LogP contribution in [0.3, 0.4) is 0 Å². The van der Waals surface area contributed by atoms with Crippen molar-refractivity contribution < 1.29 is 5.11 Å². The largest absolute Gasteiger partial charge is 0.386 e. The van der Waals surface area contributed by atoms with Gasteiger partial charge in [0.15, 0.2) is 0 Å². The van der Waals surface area contributed by atoms with Gasteiger partial charge in [-0.2, -0.15) is 0 Å². The molecule has 3 aliphatic rings. The van der Waals surface area contributed by atoms with Gasteiger partial charge in [-0.3, -0.25) is 9.80 Å². The smallest absolute Gasteiger partial charge is 0.105 e. The molecule has 3 nitrogen and oxygen atoms in total. The molecule has 2 bridgehead atoms. The van der Waals surface area contributed by atoms with Crippen LogP contribution in [-0.2, 0) is 0 Å². The number of fused-ring (bicyclic) bond motifs is 3. The lowest BCUT2D eigenvalue weighted by Gasteiger charge is -2.48. The molecule has 0 saturated carbocycles. The third kappa shape index (κ3) is 1.89. The first kappa shape index (κ1) is 11.0. The zero-order chi connectivity index (χ0) is 11.1. The second kappa shape index (κ2) is 4.27. The van der Waals surface area contributed by atoms with E-state index in [9.17, 15) is 5.11 Å². The van der Waals surface area contributed by atoms with Crippen molar-refractivity contribution in [3.05, 3.63) is 21.3 Å². The van der Waals surface area contributed by atoms with E-state index in [4.69, 9.17) is 11.6 Å². The zero-order valence-electron chi connectivity index (χ0n) is 8.97. The van der Waals surface area contributed by atoms with Crippen LogP contribution in [0.15, 0.2) is 12.1 Å². The predicted octanol–water partition coefficient (Wildman–Crippen LogP) is 1.43. The summed E-state index contributed by atoms with van der Waals surface area (Å²) in [4.78, 5) is 5.82. The Labute approximate surface area is 104 Å². The van der Waals surface area contributed by atoms with E-state index in [1.807, 2.05) is 12.1 Å². The molecule has 0 radical (unpaired) electrons. The van der Waals surface area contributed by atoms with E-state index >= 15 is 0 Å². The number of nitrogens with zero attached hydrogens (tertiary/aromatic N) is 2. The van der Waals surface area contributed by atoms with Crippen LogP contribution >= 0.6 is 22.9 Å².